The lowest BCUT2D eigenvalue weighted by molar-refractivity contribution is -0.114. The van der Waals surface area contributed by atoms with Crippen molar-refractivity contribution in [3.8, 4) is 11.5 Å². The minimum atomic E-state index is -4.15. The van der Waals surface area contributed by atoms with Gasteiger partial charge in [-0.2, -0.15) is 0 Å². The maximum absolute atomic E-state index is 13.8. The van der Waals surface area contributed by atoms with Crippen LogP contribution in [0.3, 0.4) is 0 Å². The predicted octanol–water partition coefficient (Wildman–Crippen LogP) is 5.78. The molecule has 0 saturated carbocycles. The SMILES string of the molecule is COc1ccc(CCNC(=O)c2ccccc2NC(=O)CN(c2cccc(Cl)c2C)S(=O)(=O)c2ccc(C)cc2)cc1OC. The van der Waals surface area contributed by atoms with Crippen molar-refractivity contribution in [3.05, 3.63) is 112 Å². The second-order valence-electron chi connectivity index (χ2n) is 10.00. The first-order valence-corrected chi connectivity index (χ1v) is 15.6. The maximum Gasteiger partial charge on any atom is 0.264 e. The van der Waals surface area contributed by atoms with Crippen LogP contribution < -0.4 is 24.4 Å². The molecular weight excluding hydrogens is 602 g/mol. The molecular formula is C33H34ClN3O6S. The van der Waals surface area contributed by atoms with Gasteiger partial charge in [-0.25, -0.2) is 8.42 Å². The van der Waals surface area contributed by atoms with Gasteiger partial charge in [0.1, 0.15) is 6.54 Å². The highest BCUT2D eigenvalue weighted by Gasteiger charge is 2.29. The van der Waals surface area contributed by atoms with Crippen molar-refractivity contribution >= 4 is 44.8 Å². The van der Waals surface area contributed by atoms with Gasteiger partial charge in [0.2, 0.25) is 5.91 Å². The van der Waals surface area contributed by atoms with E-state index in [0.29, 0.717) is 35.1 Å². The fourth-order valence-electron chi connectivity index (χ4n) is 4.57. The van der Waals surface area contributed by atoms with E-state index in [-0.39, 0.29) is 21.8 Å². The van der Waals surface area contributed by atoms with E-state index in [4.69, 9.17) is 21.1 Å². The van der Waals surface area contributed by atoms with Crippen LogP contribution >= 0.6 is 11.6 Å². The zero-order chi connectivity index (χ0) is 31.9. The number of nitrogens with one attached hydrogen (secondary N) is 2. The summed E-state index contributed by atoms with van der Waals surface area (Å²) in [6.45, 7) is 3.32. The predicted molar refractivity (Wildman–Crippen MR) is 173 cm³/mol. The van der Waals surface area contributed by atoms with E-state index in [0.717, 1.165) is 15.4 Å². The number of rotatable bonds is 12. The van der Waals surface area contributed by atoms with E-state index in [2.05, 4.69) is 10.6 Å². The van der Waals surface area contributed by atoms with Gasteiger partial charge in [0.25, 0.3) is 15.9 Å². The molecule has 0 aliphatic carbocycles. The maximum atomic E-state index is 13.8. The quantitative estimate of drug-likeness (QED) is 0.204. The second kappa shape index (κ2) is 14.3. The summed E-state index contributed by atoms with van der Waals surface area (Å²) in [5.74, 6) is 0.179. The molecule has 0 unspecified atom stereocenters. The largest absolute Gasteiger partial charge is 0.493 e. The van der Waals surface area contributed by atoms with Crippen molar-refractivity contribution in [2.24, 2.45) is 0 Å². The van der Waals surface area contributed by atoms with Gasteiger partial charge >= 0.3 is 0 Å². The van der Waals surface area contributed by atoms with Crippen molar-refractivity contribution in [1.29, 1.82) is 0 Å². The molecule has 4 rings (SSSR count). The molecule has 0 fully saturated rings. The molecule has 4 aromatic carbocycles. The third-order valence-electron chi connectivity index (χ3n) is 7.00. The van der Waals surface area contributed by atoms with Gasteiger partial charge in [-0.3, -0.25) is 13.9 Å². The molecule has 9 nitrogen and oxygen atoms in total. The molecule has 44 heavy (non-hydrogen) atoms. The Hall–Kier alpha value is -4.54. The molecule has 4 aromatic rings. The Morgan fingerprint density at radius 2 is 1.57 bits per heavy atom. The van der Waals surface area contributed by atoms with Crippen LogP contribution in [0.15, 0.2) is 89.8 Å². The molecule has 0 atom stereocenters. The Bertz CT molecular complexity index is 1760. The number of hydrogen-bond donors (Lipinski definition) is 2. The Kier molecular flexibility index (Phi) is 10.5. The summed E-state index contributed by atoms with van der Waals surface area (Å²) in [5, 5.41) is 5.96. The number of carbonyl (C=O) groups is 2. The standard InChI is InChI=1S/C33H34ClN3O6S/c1-22-12-15-25(16-13-22)44(40,41)37(29-11-7-9-27(34)23(29)2)21-32(38)36-28-10-6-5-8-26(28)33(39)35-19-18-24-14-17-30(42-3)31(20-24)43-4/h5-17,20H,18-19,21H2,1-4H3,(H,35,39)(H,36,38). The summed E-state index contributed by atoms with van der Waals surface area (Å²) in [5.41, 5.74) is 3.10. The molecule has 11 heteroatoms. The Balaban J connectivity index is 1.52. The number of aryl methyl sites for hydroxylation is 1. The Labute approximate surface area is 262 Å². The zero-order valence-corrected chi connectivity index (χ0v) is 26.5. The highest BCUT2D eigenvalue weighted by molar-refractivity contribution is 7.92. The molecule has 0 spiro atoms. The van der Waals surface area contributed by atoms with Crippen molar-refractivity contribution in [1.82, 2.24) is 5.32 Å². The first-order chi connectivity index (χ1) is 21.0. The van der Waals surface area contributed by atoms with Crippen molar-refractivity contribution in [2.45, 2.75) is 25.2 Å². The number of carbonyl (C=O) groups excluding carboxylic acids is 2. The fourth-order valence-corrected chi connectivity index (χ4v) is 6.21. The van der Waals surface area contributed by atoms with Crippen molar-refractivity contribution in [2.75, 3.05) is 36.9 Å². The zero-order valence-electron chi connectivity index (χ0n) is 24.9. The number of nitrogens with zero attached hydrogens (tertiary/aromatic N) is 1. The molecule has 2 amide bonds. The highest BCUT2D eigenvalue weighted by atomic mass is 35.5. The van der Waals surface area contributed by atoms with E-state index in [1.807, 2.05) is 19.1 Å². The minimum absolute atomic E-state index is 0.0320. The molecule has 0 aliphatic rings. The number of amides is 2. The van der Waals surface area contributed by atoms with Gasteiger partial charge in [0, 0.05) is 11.6 Å². The molecule has 0 aromatic heterocycles. The summed E-state index contributed by atoms with van der Waals surface area (Å²) >= 11 is 6.33. The lowest BCUT2D eigenvalue weighted by Crippen LogP contribution is -2.39. The number of sulfonamides is 1. The first kappa shape index (κ1) is 32.4. The fraction of sp³-hybridized carbons (Fsp3) is 0.212. The third kappa shape index (κ3) is 7.50. The van der Waals surface area contributed by atoms with Gasteiger partial charge in [0.15, 0.2) is 11.5 Å². The molecule has 2 N–H and O–H groups in total. The number of ether oxygens (including phenoxy) is 2. The molecule has 230 valence electrons. The lowest BCUT2D eigenvalue weighted by atomic mass is 10.1. The Morgan fingerprint density at radius 1 is 0.864 bits per heavy atom. The van der Waals surface area contributed by atoms with Crippen molar-refractivity contribution in [3.63, 3.8) is 0 Å². The number of benzene rings is 4. The van der Waals surface area contributed by atoms with Gasteiger partial charge in [-0.15, -0.1) is 0 Å². The van der Waals surface area contributed by atoms with Gasteiger partial charge in [-0.1, -0.05) is 53.6 Å². The minimum Gasteiger partial charge on any atom is -0.493 e. The summed E-state index contributed by atoms with van der Waals surface area (Å²) in [4.78, 5) is 26.6. The monoisotopic (exact) mass is 635 g/mol. The van der Waals surface area contributed by atoms with Crippen LogP contribution in [0.2, 0.25) is 5.02 Å². The van der Waals surface area contributed by atoms with Crippen LogP contribution in [-0.2, 0) is 21.2 Å². The van der Waals surface area contributed by atoms with Gasteiger partial charge in [0.05, 0.1) is 36.1 Å². The average molecular weight is 636 g/mol. The number of halogens is 1. The van der Waals surface area contributed by atoms with E-state index >= 15 is 0 Å². The van der Waals surface area contributed by atoms with Crippen LogP contribution in [0.1, 0.15) is 27.0 Å². The van der Waals surface area contributed by atoms with Crippen LogP contribution in [0.4, 0.5) is 11.4 Å². The third-order valence-corrected chi connectivity index (χ3v) is 9.18. The summed E-state index contributed by atoms with van der Waals surface area (Å²) in [7, 11) is -1.03. The van der Waals surface area contributed by atoms with E-state index < -0.39 is 28.4 Å². The van der Waals surface area contributed by atoms with E-state index in [1.165, 1.54) is 12.1 Å². The molecule has 0 heterocycles. The second-order valence-corrected chi connectivity index (χ2v) is 12.3. The average Bonchev–Trinajstić information content (AvgIpc) is 3.01. The first-order valence-electron chi connectivity index (χ1n) is 13.8. The summed E-state index contributed by atoms with van der Waals surface area (Å²) < 4.78 is 39.3. The van der Waals surface area contributed by atoms with Crippen LogP contribution in [0.5, 0.6) is 11.5 Å². The van der Waals surface area contributed by atoms with Crippen molar-refractivity contribution < 1.29 is 27.5 Å². The van der Waals surface area contributed by atoms with E-state index in [1.54, 1.807) is 81.8 Å². The van der Waals surface area contributed by atoms with Gasteiger partial charge < -0.3 is 20.1 Å². The lowest BCUT2D eigenvalue weighted by Gasteiger charge is -2.26. The smallest absolute Gasteiger partial charge is 0.264 e. The number of hydrogen-bond acceptors (Lipinski definition) is 6. The number of anilines is 2. The number of methoxy groups -OCH3 is 2. The summed E-state index contributed by atoms with van der Waals surface area (Å²) in [6, 6.07) is 23.3. The molecule has 0 saturated heterocycles. The van der Waals surface area contributed by atoms with Crippen LogP contribution in [0, 0.1) is 13.8 Å². The normalized spacial score (nSPS) is 11.0. The highest BCUT2D eigenvalue weighted by Crippen LogP contribution is 2.31. The Morgan fingerprint density at radius 3 is 2.27 bits per heavy atom. The van der Waals surface area contributed by atoms with Crippen LogP contribution in [0.25, 0.3) is 0 Å². The van der Waals surface area contributed by atoms with Gasteiger partial charge in [-0.05, 0) is 79.9 Å². The summed E-state index contributed by atoms with van der Waals surface area (Å²) in [6.07, 6.45) is 0.533. The topological polar surface area (TPSA) is 114 Å². The van der Waals surface area contributed by atoms with E-state index in [9.17, 15) is 18.0 Å². The molecule has 0 radical (unpaired) electrons. The van der Waals surface area contributed by atoms with Crippen LogP contribution in [-0.4, -0.2) is 47.5 Å². The molecule has 0 bridgehead atoms. The molecule has 0 aliphatic heterocycles. The number of para-hydroxylation sites is 1.